The molecule has 0 unspecified atom stereocenters. The molecule has 0 radical (unpaired) electrons. The van der Waals surface area contributed by atoms with Crippen LogP contribution in [-0.4, -0.2) is 68.5 Å². The van der Waals surface area contributed by atoms with E-state index in [1.165, 1.54) is 6.07 Å². The minimum absolute atomic E-state index is 0.0516. The third kappa shape index (κ3) is 7.59. The molecule has 1 aliphatic heterocycles. The molecule has 2 N–H and O–H groups in total. The van der Waals surface area contributed by atoms with Crippen LogP contribution in [0.2, 0.25) is 0 Å². The van der Waals surface area contributed by atoms with Gasteiger partial charge in [0.05, 0.1) is 30.0 Å². The number of alkyl halides is 3. The number of nitrogens with one attached hydrogen (secondary N) is 2. The van der Waals surface area contributed by atoms with E-state index < -0.39 is 33.5 Å². The Kier molecular flexibility index (Phi) is 8.07. The summed E-state index contributed by atoms with van der Waals surface area (Å²) in [6.45, 7) is 0.330. The van der Waals surface area contributed by atoms with E-state index in [1.54, 1.807) is 17.0 Å². The molecule has 0 aliphatic carbocycles. The zero-order valence-electron chi connectivity index (χ0n) is 20.0. The van der Waals surface area contributed by atoms with Crippen molar-refractivity contribution in [2.75, 3.05) is 36.5 Å². The predicted molar refractivity (Wildman–Crippen MR) is 134 cm³/mol. The molecule has 2 aromatic carbocycles. The zero-order chi connectivity index (χ0) is 27.3. The molecule has 0 bridgehead atoms. The second-order valence-corrected chi connectivity index (χ2v) is 11.1. The van der Waals surface area contributed by atoms with Gasteiger partial charge in [-0.1, -0.05) is 30.3 Å². The maximum Gasteiger partial charge on any atom is 0.573 e. The van der Waals surface area contributed by atoms with Gasteiger partial charge < -0.3 is 10.1 Å². The summed E-state index contributed by atoms with van der Waals surface area (Å²) in [5, 5.41) is 10.6. The Labute approximate surface area is 217 Å². The lowest BCUT2D eigenvalue weighted by Crippen LogP contribution is -2.43. The Morgan fingerprint density at radius 1 is 1.03 bits per heavy atom. The molecule has 0 spiro atoms. The van der Waals surface area contributed by atoms with Crippen molar-refractivity contribution in [3.8, 4) is 17.0 Å². The van der Waals surface area contributed by atoms with E-state index >= 15 is 0 Å². The molecule has 1 fully saturated rings. The van der Waals surface area contributed by atoms with Crippen molar-refractivity contribution in [1.29, 1.82) is 4.78 Å². The van der Waals surface area contributed by atoms with Crippen molar-refractivity contribution in [2.45, 2.75) is 12.8 Å². The Balaban J connectivity index is 1.47. The van der Waals surface area contributed by atoms with Crippen LogP contribution >= 0.6 is 0 Å². The first-order valence-corrected chi connectivity index (χ1v) is 13.4. The summed E-state index contributed by atoms with van der Waals surface area (Å²) in [4.78, 5) is 27.1. The summed E-state index contributed by atoms with van der Waals surface area (Å²) in [5.74, 6) is -1.52. The van der Waals surface area contributed by atoms with Gasteiger partial charge in [-0.3, -0.25) is 19.3 Å². The lowest BCUT2D eigenvalue weighted by molar-refractivity contribution is -0.274. The largest absolute Gasteiger partial charge is 0.573 e. The van der Waals surface area contributed by atoms with E-state index in [1.807, 2.05) is 30.3 Å². The van der Waals surface area contributed by atoms with Crippen LogP contribution in [0.5, 0.6) is 5.75 Å². The third-order valence-corrected chi connectivity index (χ3v) is 7.46. The summed E-state index contributed by atoms with van der Waals surface area (Å²) in [6, 6.07) is 16.0. The molecule has 2 heterocycles. The van der Waals surface area contributed by atoms with Gasteiger partial charge in [0.2, 0.25) is 5.91 Å². The third-order valence-electron chi connectivity index (χ3n) is 5.77. The predicted octanol–water partition coefficient (Wildman–Crippen LogP) is 3.77. The lowest BCUT2D eigenvalue weighted by Gasteiger charge is -2.27. The molecule has 1 aliphatic rings. The molecule has 0 saturated carbocycles. The number of hydrogen-bond donors (Lipinski definition) is 2. The van der Waals surface area contributed by atoms with E-state index in [9.17, 15) is 27.0 Å². The summed E-state index contributed by atoms with van der Waals surface area (Å²) >= 11 is 0. The van der Waals surface area contributed by atoms with Crippen LogP contribution in [0.3, 0.4) is 0 Å². The van der Waals surface area contributed by atoms with Gasteiger partial charge in [0.1, 0.15) is 0 Å². The van der Waals surface area contributed by atoms with Gasteiger partial charge in [-0.25, -0.2) is 4.21 Å². The molecular weight excluding hydrogens is 523 g/mol. The maximum atomic E-state index is 12.9. The average molecular weight is 548 g/mol. The van der Waals surface area contributed by atoms with Crippen molar-refractivity contribution >= 4 is 27.1 Å². The number of benzene rings is 2. The van der Waals surface area contributed by atoms with Gasteiger partial charge in [0.25, 0.3) is 0 Å². The standard InChI is InChI=1S/C25H24F3N5O4S/c26-25(27,28)37-23-9-6-18(14-21(23)30-24(35)16-33-10-12-38(29,36)13-11-33)22(34)15-19-7-8-20(32-31-19)17-4-2-1-3-5-17/h1-9,14,29H,10-13,15-16H2,(H,30,35). The van der Waals surface area contributed by atoms with Gasteiger partial charge in [-0.15, -0.1) is 13.2 Å². The number of anilines is 1. The highest BCUT2D eigenvalue weighted by Crippen LogP contribution is 2.31. The SMILES string of the molecule is N=S1(=O)CCN(CC(=O)Nc2cc(C(=O)Cc3ccc(-c4ccccc4)nn3)ccc2OC(F)(F)F)CC1. The fourth-order valence-electron chi connectivity index (χ4n) is 3.82. The smallest absolute Gasteiger partial charge is 0.404 e. The first-order valence-electron chi connectivity index (χ1n) is 11.5. The fraction of sp³-hybridized carbons (Fsp3) is 0.280. The van der Waals surface area contributed by atoms with Gasteiger partial charge in [0.15, 0.2) is 11.5 Å². The molecular formula is C25H24F3N5O4S. The highest BCUT2D eigenvalue weighted by Gasteiger charge is 2.33. The number of rotatable bonds is 8. The minimum atomic E-state index is -5.01. The Morgan fingerprint density at radius 2 is 1.74 bits per heavy atom. The van der Waals surface area contributed by atoms with Gasteiger partial charge in [0, 0.05) is 45.5 Å². The van der Waals surface area contributed by atoms with E-state index in [2.05, 4.69) is 20.3 Å². The molecule has 4 rings (SSSR count). The Hall–Kier alpha value is -3.84. The van der Waals surface area contributed by atoms with Crippen LogP contribution in [0.25, 0.3) is 11.3 Å². The molecule has 0 atom stereocenters. The van der Waals surface area contributed by atoms with Crippen LogP contribution in [0.15, 0.2) is 60.7 Å². The highest BCUT2D eigenvalue weighted by atomic mass is 32.2. The van der Waals surface area contributed by atoms with Crippen LogP contribution < -0.4 is 10.1 Å². The molecule has 200 valence electrons. The summed E-state index contributed by atoms with van der Waals surface area (Å²) < 4.78 is 62.3. The van der Waals surface area contributed by atoms with Crippen molar-refractivity contribution in [3.05, 3.63) is 71.9 Å². The van der Waals surface area contributed by atoms with Crippen LogP contribution in [0.1, 0.15) is 16.1 Å². The first kappa shape index (κ1) is 27.2. The normalized spacial score (nSPS) is 15.6. The van der Waals surface area contributed by atoms with Crippen LogP contribution in [0.4, 0.5) is 18.9 Å². The number of hydrogen-bond acceptors (Lipinski definition) is 8. The molecule has 1 saturated heterocycles. The number of ether oxygens (including phenoxy) is 1. The first-order chi connectivity index (χ1) is 18.0. The molecule has 1 aromatic heterocycles. The molecule has 1 amide bonds. The number of nitrogens with zero attached hydrogens (tertiary/aromatic N) is 3. The van der Waals surface area contributed by atoms with E-state index in [0.29, 0.717) is 11.4 Å². The van der Waals surface area contributed by atoms with E-state index in [-0.39, 0.29) is 48.8 Å². The maximum absolute atomic E-state index is 12.9. The van der Waals surface area contributed by atoms with Crippen molar-refractivity contribution < 1.29 is 31.7 Å². The topological polar surface area (TPSA) is 125 Å². The van der Waals surface area contributed by atoms with Gasteiger partial charge in [-0.2, -0.15) is 10.2 Å². The lowest BCUT2D eigenvalue weighted by atomic mass is 10.0. The highest BCUT2D eigenvalue weighted by molar-refractivity contribution is 7.92. The quantitative estimate of drug-likeness (QED) is 0.411. The van der Waals surface area contributed by atoms with Crippen LogP contribution in [0, 0.1) is 4.78 Å². The van der Waals surface area contributed by atoms with Crippen LogP contribution in [-0.2, 0) is 20.9 Å². The Bertz CT molecular complexity index is 1400. The number of carbonyl (C=O) groups excluding carboxylic acids is 2. The average Bonchev–Trinajstić information content (AvgIpc) is 2.86. The van der Waals surface area contributed by atoms with Gasteiger partial charge in [-0.05, 0) is 30.3 Å². The van der Waals surface area contributed by atoms with E-state index in [0.717, 1.165) is 17.7 Å². The number of carbonyl (C=O) groups is 2. The molecule has 13 heteroatoms. The molecule has 9 nitrogen and oxygen atoms in total. The van der Waals surface area contributed by atoms with E-state index in [4.69, 9.17) is 4.78 Å². The minimum Gasteiger partial charge on any atom is -0.404 e. The monoisotopic (exact) mass is 547 g/mol. The number of Topliss-reactive ketones (excluding diaryl/α,β-unsaturated/α-hetero) is 1. The second kappa shape index (κ2) is 11.3. The van der Waals surface area contributed by atoms with Crippen molar-refractivity contribution in [3.63, 3.8) is 0 Å². The van der Waals surface area contributed by atoms with Gasteiger partial charge >= 0.3 is 6.36 Å². The summed E-state index contributed by atoms with van der Waals surface area (Å²) in [7, 11) is -2.66. The van der Waals surface area contributed by atoms with Crippen molar-refractivity contribution in [2.24, 2.45) is 0 Å². The molecule has 3 aromatic rings. The summed E-state index contributed by atoms with van der Waals surface area (Å²) in [5.41, 5.74) is 1.59. The zero-order valence-corrected chi connectivity index (χ0v) is 20.8. The number of amides is 1. The number of ketones is 1. The summed E-state index contributed by atoms with van der Waals surface area (Å²) in [6.07, 6.45) is -5.17. The Morgan fingerprint density at radius 3 is 2.37 bits per heavy atom. The fourth-order valence-corrected chi connectivity index (χ4v) is 5.13. The number of aromatic nitrogens is 2. The van der Waals surface area contributed by atoms with Crippen molar-refractivity contribution in [1.82, 2.24) is 15.1 Å². The number of halogens is 3. The molecule has 38 heavy (non-hydrogen) atoms. The second-order valence-electron chi connectivity index (χ2n) is 8.68.